The molecule has 0 aromatic heterocycles. The molecule has 0 radical (unpaired) electrons. The number of benzene rings is 1. The van der Waals surface area contributed by atoms with Crippen LogP contribution in [-0.4, -0.2) is 44.0 Å². The van der Waals surface area contributed by atoms with Crippen molar-refractivity contribution in [3.8, 4) is 5.75 Å². The smallest absolute Gasteiger partial charge is 0.244 e. The van der Waals surface area contributed by atoms with Crippen LogP contribution >= 0.6 is 0 Å². The van der Waals surface area contributed by atoms with E-state index in [1.54, 1.807) is 11.0 Å². The number of aromatic hydroxyl groups is 1. The van der Waals surface area contributed by atoms with Crippen molar-refractivity contribution in [1.29, 1.82) is 0 Å². The highest BCUT2D eigenvalue weighted by Crippen LogP contribution is 2.20. The Morgan fingerprint density at radius 2 is 1.90 bits per heavy atom. The monoisotopic (exact) mass is 298 g/mol. The van der Waals surface area contributed by atoms with Gasteiger partial charge in [0.2, 0.25) is 15.9 Å². The summed E-state index contributed by atoms with van der Waals surface area (Å²) >= 11 is 0. The molecule has 0 spiro atoms. The Kier molecular flexibility index (Phi) is 4.61. The second-order valence-corrected chi connectivity index (χ2v) is 6.44. The molecule has 0 saturated carbocycles. The molecule has 0 atom stereocenters. The van der Waals surface area contributed by atoms with Crippen LogP contribution in [0.25, 0.3) is 0 Å². The van der Waals surface area contributed by atoms with Crippen molar-refractivity contribution in [3.05, 3.63) is 24.3 Å². The number of hydrogen-bond acceptors (Lipinski definition) is 4. The van der Waals surface area contributed by atoms with E-state index < -0.39 is 10.0 Å². The van der Waals surface area contributed by atoms with Gasteiger partial charge in [-0.1, -0.05) is 12.1 Å². The minimum Gasteiger partial charge on any atom is -0.507 e. The maximum atomic E-state index is 12.0. The number of phenols is 1. The molecule has 0 aliphatic carbocycles. The zero-order valence-electron chi connectivity index (χ0n) is 11.1. The van der Waals surface area contributed by atoms with E-state index in [1.165, 1.54) is 18.2 Å². The molecule has 1 aliphatic rings. The van der Waals surface area contributed by atoms with Crippen LogP contribution in [0, 0.1) is 0 Å². The van der Waals surface area contributed by atoms with Crippen LogP contribution in [0.2, 0.25) is 0 Å². The number of rotatable bonds is 5. The van der Waals surface area contributed by atoms with Crippen molar-refractivity contribution in [2.24, 2.45) is 0 Å². The molecule has 1 fully saturated rings. The number of likely N-dealkylation sites (tertiary alicyclic amines) is 1. The van der Waals surface area contributed by atoms with Gasteiger partial charge in [0.25, 0.3) is 0 Å². The molecule has 1 aromatic carbocycles. The largest absolute Gasteiger partial charge is 0.507 e. The Morgan fingerprint density at radius 3 is 2.55 bits per heavy atom. The van der Waals surface area contributed by atoms with E-state index >= 15 is 0 Å². The van der Waals surface area contributed by atoms with Crippen molar-refractivity contribution in [3.63, 3.8) is 0 Å². The van der Waals surface area contributed by atoms with Crippen LogP contribution in [0.4, 0.5) is 0 Å². The first-order valence-corrected chi connectivity index (χ1v) is 8.04. The Labute approximate surface area is 118 Å². The molecule has 2 N–H and O–H groups in total. The van der Waals surface area contributed by atoms with Gasteiger partial charge in [0.1, 0.15) is 10.6 Å². The summed E-state index contributed by atoms with van der Waals surface area (Å²) in [5, 5.41) is 9.53. The first kappa shape index (κ1) is 14.8. The van der Waals surface area contributed by atoms with Gasteiger partial charge in [-0.25, -0.2) is 13.1 Å². The van der Waals surface area contributed by atoms with Gasteiger partial charge < -0.3 is 10.0 Å². The van der Waals surface area contributed by atoms with E-state index in [9.17, 15) is 18.3 Å². The molecule has 1 aromatic rings. The molecule has 7 heteroatoms. The van der Waals surface area contributed by atoms with Crippen LogP contribution in [0.1, 0.15) is 19.3 Å². The van der Waals surface area contributed by atoms with Crippen molar-refractivity contribution in [2.75, 3.05) is 19.6 Å². The Bertz CT molecular complexity index is 580. The zero-order chi connectivity index (χ0) is 14.6. The third-order valence-electron chi connectivity index (χ3n) is 3.24. The van der Waals surface area contributed by atoms with Crippen LogP contribution < -0.4 is 4.72 Å². The summed E-state index contributed by atoms with van der Waals surface area (Å²) in [6.45, 7) is 1.54. The number of nitrogens with one attached hydrogen (secondary N) is 1. The SMILES string of the molecule is O=C(CCNS(=O)(=O)c1ccccc1O)N1CCCC1. The van der Waals surface area contributed by atoms with E-state index in [4.69, 9.17) is 0 Å². The lowest BCUT2D eigenvalue weighted by atomic mass is 10.3. The van der Waals surface area contributed by atoms with Gasteiger partial charge in [-0.2, -0.15) is 0 Å². The lowest BCUT2D eigenvalue weighted by molar-refractivity contribution is -0.129. The van der Waals surface area contributed by atoms with Crippen LogP contribution in [0.3, 0.4) is 0 Å². The van der Waals surface area contributed by atoms with E-state index in [0.29, 0.717) is 0 Å². The summed E-state index contributed by atoms with van der Waals surface area (Å²) in [5.41, 5.74) is 0. The number of phenolic OH excluding ortho intramolecular Hbond substituents is 1. The normalized spacial score (nSPS) is 15.5. The number of para-hydroxylation sites is 1. The molecule has 2 rings (SSSR count). The number of sulfonamides is 1. The van der Waals surface area contributed by atoms with Crippen molar-refractivity contribution >= 4 is 15.9 Å². The van der Waals surface area contributed by atoms with E-state index in [-0.39, 0.29) is 29.5 Å². The van der Waals surface area contributed by atoms with E-state index in [1.807, 2.05) is 0 Å². The molecule has 110 valence electrons. The second kappa shape index (κ2) is 6.23. The fourth-order valence-electron chi connectivity index (χ4n) is 2.18. The molecule has 1 aliphatic heterocycles. The predicted octanol–water partition coefficient (Wildman–Crippen LogP) is 0.683. The number of nitrogens with zero attached hydrogens (tertiary/aromatic N) is 1. The Hall–Kier alpha value is -1.60. The van der Waals surface area contributed by atoms with Crippen molar-refractivity contribution < 1.29 is 18.3 Å². The molecular formula is C13H18N2O4S. The number of hydrogen-bond donors (Lipinski definition) is 2. The van der Waals surface area contributed by atoms with Gasteiger partial charge in [-0.3, -0.25) is 4.79 Å². The predicted molar refractivity (Wildman–Crippen MR) is 73.7 cm³/mol. The lowest BCUT2D eigenvalue weighted by Crippen LogP contribution is -2.32. The van der Waals surface area contributed by atoms with Gasteiger partial charge in [0.15, 0.2) is 0 Å². The number of amides is 1. The average molecular weight is 298 g/mol. The minimum atomic E-state index is -3.78. The summed E-state index contributed by atoms with van der Waals surface area (Å²) in [5.74, 6) is -0.339. The quantitative estimate of drug-likeness (QED) is 0.837. The summed E-state index contributed by atoms with van der Waals surface area (Å²) in [7, 11) is -3.78. The molecule has 0 unspecified atom stereocenters. The fourth-order valence-corrected chi connectivity index (χ4v) is 3.31. The third kappa shape index (κ3) is 3.49. The highest BCUT2D eigenvalue weighted by atomic mass is 32.2. The summed E-state index contributed by atoms with van der Waals surface area (Å²) in [6.07, 6.45) is 2.15. The maximum absolute atomic E-state index is 12.0. The van der Waals surface area contributed by atoms with E-state index in [0.717, 1.165) is 25.9 Å². The second-order valence-electron chi connectivity index (χ2n) is 4.70. The van der Waals surface area contributed by atoms with Gasteiger partial charge >= 0.3 is 0 Å². The van der Waals surface area contributed by atoms with Crippen LogP contribution in [-0.2, 0) is 14.8 Å². The van der Waals surface area contributed by atoms with Gasteiger partial charge in [-0.15, -0.1) is 0 Å². The molecule has 1 amide bonds. The van der Waals surface area contributed by atoms with Crippen molar-refractivity contribution in [2.45, 2.75) is 24.2 Å². The summed E-state index contributed by atoms with van der Waals surface area (Å²) < 4.78 is 26.3. The topological polar surface area (TPSA) is 86.7 Å². The lowest BCUT2D eigenvalue weighted by Gasteiger charge is -2.15. The van der Waals surface area contributed by atoms with Gasteiger partial charge in [0.05, 0.1) is 0 Å². The highest BCUT2D eigenvalue weighted by molar-refractivity contribution is 7.89. The molecule has 1 heterocycles. The molecular weight excluding hydrogens is 280 g/mol. The van der Waals surface area contributed by atoms with Gasteiger partial charge in [0, 0.05) is 26.1 Å². The number of carbonyl (C=O) groups is 1. The fraction of sp³-hybridized carbons (Fsp3) is 0.462. The Morgan fingerprint density at radius 1 is 1.25 bits per heavy atom. The molecule has 6 nitrogen and oxygen atoms in total. The Balaban J connectivity index is 1.90. The third-order valence-corrected chi connectivity index (χ3v) is 4.75. The van der Waals surface area contributed by atoms with Crippen molar-refractivity contribution in [1.82, 2.24) is 9.62 Å². The first-order valence-electron chi connectivity index (χ1n) is 6.56. The highest BCUT2D eigenvalue weighted by Gasteiger charge is 2.20. The van der Waals surface area contributed by atoms with Crippen LogP contribution in [0.15, 0.2) is 29.2 Å². The molecule has 20 heavy (non-hydrogen) atoms. The number of carbonyl (C=O) groups excluding carboxylic acids is 1. The maximum Gasteiger partial charge on any atom is 0.244 e. The summed E-state index contributed by atoms with van der Waals surface area (Å²) in [6, 6.07) is 5.71. The minimum absolute atomic E-state index is 0.0337. The van der Waals surface area contributed by atoms with Gasteiger partial charge in [-0.05, 0) is 25.0 Å². The standard InChI is InChI=1S/C13H18N2O4S/c16-11-5-1-2-6-12(11)20(18,19)14-8-7-13(17)15-9-3-4-10-15/h1-2,5-6,14,16H,3-4,7-10H2. The molecule has 1 saturated heterocycles. The zero-order valence-corrected chi connectivity index (χ0v) is 11.9. The summed E-state index contributed by atoms with van der Waals surface area (Å²) in [4.78, 5) is 13.3. The average Bonchev–Trinajstić information content (AvgIpc) is 2.92. The first-order chi connectivity index (χ1) is 9.50. The van der Waals surface area contributed by atoms with E-state index in [2.05, 4.69) is 4.72 Å². The molecule has 0 bridgehead atoms. The van der Waals surface area contributed by atoms with Crippen LogP contribution in [0.5, 0.6) is 5.75 Å².